The number of benzene rings is 1. The fraction of sp³-hybridized carbons (Fsp3) is 0.429. The Morgan fingerprint density at radius 3 is 3.05 bits per heavy atom. The molecule has 5 nitrogen and oxygen atoms in total. The molecule has 2 aromatic rings. The molecule has 1 atom stereocenters. The third-order valence-corrected chi connectivity index (χ3v) is 3.31. The Balaban J connectivity index is 1.99. The van der Waals surface area contributed by atoms with E-state index in [1.165, 1.54) is 0 Å². The van der Waals surface area contributed by atoms with Gasteiger partial charge in [0.05, 0.1) is 31.0 Å². The lowest BCUT2D eigenvalue weighted by molar-refractivity contribution is 0.195. The zero-order chi connectivity index (χ0) is 13.2. The van der Waals surface area contributed by atoms with Crippen molar-refractivity contribution in [3.8, 4) is 5.75 Å². The van der Waals surface area contributed by atoms with Crippen LogP contribution in [-0.4, -0.2) is 36.3 Å². The van der Waals surface area contributed by atoms with Crippen LogP contribution in [0, 0.1) is 6.92 Å². The number of ether oxygens (including phenoxy) is 2. The maximum atomic E-state index is 5.44. The van der Waals surface area contributed by atoms with Crippen LogP contribution in [0.4, 0.5) is 5.69 Å². The molecule has 5 heteroatoms. The van der Waals surface area contributed by atoms with E-state index in [-0.39, 0.29) is 0 Å². The lowest BCUT2D eigenvalue weighted by Crippen LogP contribution is -2.19. The Labute approximate surface area is 112 Å². The van der Waals surface area contributed by atoms with E-state index >= 15 is 0 Å². The number of methoxy groups -OCH3 is 1. The molecule has 3 rings (SSSR count). The zero-order valence-electron chi connectivity index (χ0n) is 11.1. The average molecular weight is 259 g/mol. The minimum atomic E-state index is 0.345. The molecule has 0 bridgehead atoms. The van der Waals surface area contributed by atoms with Crippen LogP contribution in [-0.2, 0) is 4.74 Å². The predicted molar refractivity (Wildman–Crippen MR) is 73.7 cm³/mol. The van der Waals surface area contributed by atoms with Gasteiger partial charge in [0.2, 0.25) is 0 Å². The highest BCUT2D eigenvalue weighted by Crippen LogP contribution is 2.30. The van der Waals surface area contributed by atoms with Gasteiger partial charge in [-0.3, -0.25) is 0 Å². The predicted octanol–water partition coefficient (Wildman–Crippen LogP) is 2.15. The van der Waals surface area contributed by atoms with Crippen molar-refractivity contribution in [1.29, 1.82) is 0 Å². The maximum Gasteiger partial charge on any atom is 0.144 e. The van der Waals surface area contributed by atoms with Crippen LogP contribution < -0.4 is 10.1 Å². The molecular formula is C14H17N3O2. The number of hydrogen-bond donors (Lipinski definition) is 1. The van der Waals surface area contributed by atoms with Gasteiger partial charge in [-0.2, -0.15) is 0 Å². The van der Waals surface area contributed by atoms with E-state index in [4.69, 9.17) is 9.47 Å². The van der Waals surface area contributed by atoms with Crippen molar-refractivity contribution in [3.05, 3.63) is 24.2 Å². The summed E-state index contributed by atoms with van der Waals surface area (Å²) in [5.41, 5.74) is 1.87. The first-order valence-corrected chi connectivity index (χ1v) is 6.42. The number of anilines is 1. The number of hydrogen-bond acceptors (Lipinski definition) is 5. The van der Waals surface area contributed by atoms with Crippen LogP contribution in [0.5, 0.6) is 5.75 Å². The van der Waals surface area contributed by atoms with Crippen molar-refractivity contribution in [1.82, 2.24) is 9.97 Å². The van der Waals surface area contributed by atoms with E-state index in [0.29, 0.717) is 6.04 Å². The summed E-state index contributed by atoms with van der Waals surface area (Å²) >= 11 is 0. The van der Waals surface area contributed by atoms with Crippen molar-refractivity contribution < 1.29 is 9.47 Å². The second-order valence-electron chi connectivity index (χ2n) is 4.73. The fourth-order valence-electron chi connectivity index (χ4n) is 2.30. The lowest BCUT2D eigenvalue weighted by Gasteiger charge is -2.16. The number of fused-ring (bicyclic) bond motifs is 1. The minimum Gasteiger partial charge on any atom is -0.495 e. The fourth-order valence-corrected chi connectivity index (χ4v) is 2.30. The van der Waals surface area contributed by atoms with Crippen molar-refractivity contribution in [2.45, 2.75) is 19.4 Å². The number of nitrogens with zero attached hydrogens (tertiary/aromatic N) is 2. The smallest absolute Gasteiger partial charge is 0.144 e. The van der Waals surface area contributed by atoms with E-state index in [2.05, 4.69) is 15.3 Å². The molecule has 1 aromatic carbocycles. The molecule has 1 saturated heterocycles. The standard InChI is InChI=1S/C14H17N3O2/c1-9-15-7-10-5-13(17-11-3-4-19-8-11)14(18-2)6-12(10)16-9/h5-7,11,17H,3-4,8H2,1-2H3/t11-/m0/s1. The molecular weight excluding hydrogens is 242 g/mol. The number of nitrogens with one attached hydrogen (secondary N) is 1. The minimum absolute atomic E-state index is 0.345. The molecule has 1 aliphatic rings. The number of aryl methyl sites for hydroxylation is 1. The monoisotopic (exact) mass is 259 g/mol. The summed E-state index contributed by atoms with van der Waals surface area (Å²) < 4.78 is 10.8. The lowest BCUT2D eigenvalue weighted by atomic mass is 10.1. The summed E-state index contributed by atoms with van der Waals surface area (Å²) in [5.74, 6) is 1.57. The van der Waals surface area contributed by atoms with Crippen LogP contribution in [0.25, 0.3) is 10.9 Å². The quantitative estimate of drug-likeness (QED) is 0.915. The second-order valence-corrected chi connectivity index (χ2v) is 4.73. The summed E-state index contributed by atoms with van der Waals surface area (Å²) in [7, 11) is 1.67. The van der Waals surface area contributed by atoms with Crippen molar-refractivity contribution in [2.24, 2.45) is 0 Å². The first-order chi connectivity index (χ1) is 9.26. The maximum absolute atomic E-state index is 5.44. The van der Waals surface area contributed by atoms with Gasteiger partial charge in [-0.15, -0.1) is 0 Å². The van der Waals surface area contributed by atoms with Gasteiger partial charge in [0.15, 0.2) is 0 Å². The van der Waals surface area contributed by atoms with E-state index in [1.54, 1.807) is 7.11 Å². The highest BCUT2D eigenvalue weighted by molar-refractivity contribution is 5.85. The third kappa shape index (κ3) is 2.46. The highest BCUT2D eigenvalue weighted by Gasteiger charge is 2.17. The van der Waals surface area contributed by atoms with Crippen LogP contribution >= 0.6 is 0 Å². The summed E-state index contributed by atoms with van der Waals surface area (Å²) in [5, 5.41) is 4.47. The normalized spacial score (nSPS) is 18.7. The first kappa shape index (κ1) is 12.2. The van der Waals surface area contributed by atoms with Crippen LogP contribution in [0.3, 0.4) is 0 Å². The zero-order valence-corrected chi connectivity index (χ0v) is 11.1. The van der Waals surface area contributed by atoms with Crippen molar-refractivity contribution in [2.75, 3.05) is 25.6 Å². The summed E-state index contributed by atoms with van der Waals surface area (Å²) in [6, 6.07) is 4.33. The second kappa shape index (κ2) is 5.01. The van der Waals surface area contributed by atoms with Gasteiger partial charge in [-0.1, -0.05) is 0 Å². The van der Waals surface area contributed by atoms with E-state index in [9.17, 15) is 0 Å². The molecule has 0 unspecified atom stereocenters. The Hall–Kier alpha value is -1.88. The first-order valence-electron chi connectivity index (χ1n) is 6.42. The topological polar surface area (TPSA) is 56.3 Å². The molecule has 1 aromatic heterocycles. The SMILES string of the molecule is COc1cc2nc(C)ncc2cc1N[C@H]1CCOC1. The van der Waals surface area contributed by atoms with E-state index in [1.807, 2.05) is 25.3 Å². The van der Waals surface area contributed by atoms with E-state index < -0.39 is 0 Å². The molecule has 0 radical (unpaired) electrons. The highest BCUT2D eigenvalue weighted by atomic mass is 16.5. The molecule has 1 aliphatic heterocycles. The van der Waals surface area contributed by atoms with E-state index in [0.717, 1.165) is 47.8 Å². The third-order valence-electron chi connectivity index (χ3n) is 3.31. The van der Waals surface area contributed by atoms with Gasteiger partial charge in [0.1, 0.15) is 11.6 Å². The number of rotatable bonds is 3. The average Bonchev–Trinajstić information content (AvgIpc) is 2.91. The molecule has 0 spiro atoms. The van der Waals surface area contributed by atoms with Crippen molar-refractivity contribution >= 4 is 16.6 Å². The summed E-state index contributed by atoms with van der Waals surface area (Å²) in [4.78, 5) is 8.64. The molecule has 2 heterocycles. The summed E-state index contributed by atoms with van der Waals surface area (Å²) in [6.07, 6.45) is 2.86. The molecule has 19 heavy (non-hydrogen) atoms. The van der Waals surface area contributed by atoms with Gasteiger partial charge >= 0.3 is 0 Å². The summed E-state index contributed by atoms with van der Waals surface area (Å²) in [6.45, 7) is 3.44. The van der Waals surface area contributed by atoms with Gasteiger partial charge in [-0.05, 0) is 19.4 Å². The van der Waals surface area contributed by atoms with Crippen molar-refractivity contribution in [3.63, 3.8) is 0 Å². The van der Waals surface area contributed by atoms with Gasteiger partial charge in [0.25, 0.3) is 0 Å². The Bertz CT molecular complexity index is 595. The molecule has 100 valence electrons. The molecule has 1 N–H and O–H groups in total. The Morgan fingerprint density at radius 1 is 1.42 bits per heavy atom. The number of aromatic nitrogens is 2. The van der Waals surface area contributed by atoms with Crippen LogP contribution in [0.2, 0.25) is 0 Å². The molecule has 0 saturated carbocycles. The van der Waals surface area contributed by atoms with Gasteiger partial charge < -0.3 is 14.8 Å². The molecule has 0 aliphatic carbocycles. The Kier molecular flexibility index (Phi) is 3.21. The largest absolute Gasteiger partial charge is 0.495 e. The van der Waals surface area contributed by atoms with Gasteiger partial charge in [-0.25, -0.2) is 9.97 Å². The molecule has 0 amide bonds. The van der Waals surface area contributed by atoms with Gasteiger partial charge in [0, 0.05) is 24.3 Å². The van der Waals surface area contributed by atoms with Crippen LogP contribution in [0.1, 0.15) is 12.2 Å². The Morgan fingerprint density at radius 2 is 2.32 bits per heavy atom. The molecule has 1 fully saturated rings. The van der Waals surface area contributed by atoms with Crippen LogP contribution in [0.15, 0.2) is 18.3 Å².